The molecule has 0 bridgehead atoms. The summed E-state index contributed by atoms with van der Waals surface area (Å²) in [5.41, 5.74) is 3.51. The second-order valence-electron chi connectivity index (χ2n) is 4.25. The average molecular weight is 250 g/mol. The van der Waals surface area contributed by atoms with E-state index in [2.05, 4.69) is 39.8 Å². The second-order valence-corrected chi connectivity index (χ2v) is 4.25. The van der Waals surface area contributed by atoms with Crippen LogP contribution in [0, 0.1) is 16.2 Å². The fourth-order valence-corrected chi connectivity index (χ4v) is 1.91. The van der Waals surface area contributed by atoms with Crippen molar-refractivity contribution in [2.45, 2.75) is 47.0 Å². The summed E-state index contributed by atoms with van der Waals surface area (Å²) >= 11 is 0. The summed E-state index contributed by atoms with van der Waals surface area (Å²) in [4.78, 5) is 16.7. The Labute approximate surface area is 109 Å². The number of hydrogen-bond donors (Lipinski definition) is 2. The molecule has 0 radical (unpaired) electrons. The van der Waals surface area contributed by atoms with Gasteiger partial charge >= 0.3 is 0 Å². The number of allylic oxidation sites excluding steroid dienone is 4. The molecule has 4 heteroatoms. The first kappa shape index (κ1) is 18.6. The minimum Gasteiger partial charge on any atom is -0.222 e. The standard InChI is InChI=1S/C12H20.2CHNO/c1-5-12(6-2)8-7-10(3)11(4)9-12;2*2-1-3/h7-8H,5-6,9H2,1-4H3;2*2H. The zero-order chi connectivity index (χ0) is 14.6. The number of isocyanates is 2. The van der Waals surface area contributed by atoms with Gasteiger partial charge in [0.2, 0.25) is 12.2 Å². The third-order valence-corrected chi connectivity index (χ3v) is 3.39. The minimum absolute atomic E-state index is 0.476. The molecule has 0 fully saturated rings. The van der Waals surface area contributed by atoms with Crippen molar-refractivity contribution in [1.82, 2.24) is 0 Å². The molecule has 0 aromatic rings. The van der Waals surface area contributed by atoms with E-state index in [1.165, 1.54) is 24.8 Å². The van der Waals surface area contributed by atoms with Crippen LogP contribution < -0.4 is 0 Å². The lowest BCUT2D eigenvalue weighted by atomic mass is 9.73. The van der Waals surface area contributed by atoms with E-state index in [9.17, 15) is 0 Å². The first-order valence-corrected chi connectivity index (χ1v) is 5.90. The molecule has 0 saturated carbocycles. The Morgan fingerprint density at radius 1 is 1.17 bits per heavy atom. The molecule has 0 aliphatic heterocycles. The van der Waals surface area contributed by atoms with E-state index in [4.69, 9.17) is 20.4 Å². The molecule has 2 N–H and O–H groups in total. The molecule has 0 atom stereocenters. The molecule has 0 heterocycles. The fourth-order valence-electron chi connectivity index (χ4n) is 1.91. The van der Waals surface area contributed by atoms with Crippen LogP contribution in [0.5, 0.6) is 0 Å². The number of nitrogens with one attached hydrogen (secondary N) is 2. The van der Waals surface area contributed by atoms with E-state index in [1.54, 1.807) is 5.57 Å². The predicted molar refractivity (Wildman–Crippen MR) is 72.0 cm³/mol. The Kier molecular flexibility index (Phi) is 10.7. The molecule has 0 saturated heterocycles. The molecular formula is C14H22N2O2. The number of rotatable bonds is 2. The summed E-state index contributed by atoms with van der Waals surface area (Å²) in [6, 6.07) is 0. The Bertz CT molecular complexity index is 353. The molecule has 0 amide bonds. The zero-order valence-corrected chi connectivity index (χ0v) is 11.6. The van der Waals surface area contributed by atoms with Crippen molar-refractivity contribution in [2.24, 2.45) is 5.41 Å². The SMILES string of the molecule is CCC1(CC)C=CC(C)=C(C)C1.N=C=O.N=C=O. The number of carbonyl (C=O) groups excluding carboxylic acids is 2. The van der Waals surface area contributed by atoms with Crippen LogP contribution in [-0.2, 0) is 9.59 Å². The average Bonchev–Trinajstić information content (AvgIpc) is 2.35. The van der Waals surface area contributed by atoms with E-state index in [0.717, 1.165) is 12.2 Å². The molecule has 1 rings (SSSR count). The van der Waals surface area contributed by atoms with Crippen molar-refractivity contribution in [3.05, 3.63) is 23.3 Å². The van der Waals surface area contributed by atoms with Crippen LogP contribution in [0.3, 0.4) is 0 Å². The minimum atomic E-state index is 0.476. The highest BCUT2D eigenvalue weighted by Gasteiger charge is 2.25. The maximum absolute atomic E-state index is 8.35. The van der Waals surface area contributed by atoms with Crippen LogP contribution >= 0.6 is 0 Å². The van der Waals surface area contributed by atoms with Crippen LogP contribution in [0.2, 0.25) is 0 Å². The van der Waals surface area contributed by atoms with Crippen LogP contribution in [0.15, 0.2) is 23.3 Å². The monoisotopic (exact) mass is 250 g/mol. The molecule has 18 heavy (non-hydrogen) atoms. The van der Waals surface area contributed by atoms with E-state index < -0.39 is 0 Å². The molecule has 0 unspecified atom stereocenters. The summed E-state index contributed by atoms with van der Waals surface area (Å²) in [5, 5.41) is 10.8. The maximum atomic E-state index is 8.35. The van der Waals surface area contributed by atoms with Crippen molar-refractivity contribution in [3.63, 3.8) is 0 Å². The fraction of sp³-hybridized carbons (Fsp3) is 0.571. The Morgan fingerprint density at radius 2 is 1.56 bits per heavy atom. The van der Waals surface area contributed by atoms with Gasteiger partial charge in [0.25, 0.3) is 0 Å². The van der Waals surface area contributed by atoms with Crippen LogP contribution in [0.1, 0.15) is 47.0 Å². The third-order valence-electron chi connectivity index (χ3n) is 3.39. The summed E-state index contributed by atoms with van der Waals surface area (Å²) in [6.07, 6.45) is 10.0. The van der Waals surface area contributed by atoms with Crippen molar-refractivity contribution in [2.75, 3.05) is 0 Å². The highest BCUT2D eigenvalue weighted by molar-refractivity contribution is 5.30. The third kappa shape index (κ3) is 6.74. The van der Waals surface area contributed by atoms with Gasteiger partial charge in [-0.1, -0.05) is 37.1 Å². The maximum Gasteiger partial charge on any atom is 0.231 e. The largest absolute Gasteiger partial charge is 0.231 e. The van der Waals surface area contributed by atoms with Crippen LogP contribution in [0.4, 0.5) is 0 Å². The van der Waals surface area contributed by atoms with Crippen molar-refractivity contribution in [3.8, 4) is 0 Å². The van der Waals surface area contributed by atoms with Crippen molar-refractivity contribution >= 4 is 12.2 Å². The highest BCUT2D eigenvalue weighted by atomic mass is 16.1. The summed E-state index contributed by atoms with van der Waals surface area (Å²) in [7, 11) is 0. The summed E-state index contributed by atoms with van der Waals surface area (Å²) in [6.45, 7) is 9.06. The lowest BCUT2D eigenvalue weighted by molar-refractivity contribution is 0.344. The highest BCUT2D eigenvalue weighted by Crippen LogP contribution is 2.39. The molecule has 0 aromatic heterocycles. The smallest absolute Gasteiger partial charge is 0.222 e. The first-order chi connectivity index (χ1) is 8.46. The van der Waals surface area contributed by atoms with Gasteiger partial charge in [0.05, 0.1) is 0 Å². The van der Waals surface area contributed by atoms with Gasteiger partial charge in [0.1, 0.15) is 0 Å². The molecule has 0 aromatic carbocycles. The van der Waals surface area contributed by atoms with Crippen molar-refractivity contribution in [1.29, 1.82) is 10.8 Å². The van der Waals surface area contributed by atoms with Crippen molar-refractivity contribution < 1.29 is 9.59 Å². The second kappa shape index (κ2) is 10.4. The van der Waals surface area contributed by atoms with E-state index in [0.29, 0.717) is 5.41 Å². The topological polar surface area (TPSA) is 81.8 Å². The van der Waals surface area contributed by atoms with Crippen LogP contribution in [0.25, 0.3) is 0 Å². The summed E-state index contributed by atoms with van der Waals surface area (Å²) < 4.78 is 0. The Morgan fingerprint density at radius 3 is 1.83 bits per heavy atom. The van der Waals surface area contributed by atoms with Gasteiger partial charge < -0.3 is 0 Å². The zero-order valence-electron chi connectivity index (χ0n) is 11.6. The predicted octanol–water partition coefficient (Wildman–Crippen LogP) is 3.89. The van der Waals surface area contributed by atoms with Gasteiger partial charge in [0, 0.05) is 0 Å². The lowest BCUT2D eigenvalue weighted by Crippen LogP contribution is -2.18. The quantitative estimate of drug-likeness (QED) is 0.575. The van der Waals surface area contributed by atoms with Gasteiger partial charge in [-0.15, -0.1) is 0 Å². The Hall–Kier alpha value is -1.76. The van der Waals surface area contributed by atoms with E-state index in [1.807, 2.05) is 0 Å². The van der Waals surface area contributed by atoms with Gasteiger partial charge in [0.15, 0.2) is 0 Å². The van der Waals surface area contributed by atoms with Gasteiger partial charge in [-0.2, -0.15) is 0 Å². The van der Waals surface area contributed by atoms with Gasteiger partial charge in [-0.05, 0) is 38.5 Å². The lowest BCUT2D eigenvalue weighted by Gasteiger charge is -2.32. The van der Waals surface area contributed by atoms with E-state index in [-0.39, 0.29) is 0 Å². The summed E-state index contributed by atoms with van der Waals surface area (Å²) in [5.74, 6) is 0. The molecule has 0 spiro atoms. The Balaban J connectivity index is 0. The molecule has 1 aliphatic rings. The van der Waals surface area contributed by atoms with Crippen LogP contribution in [-0.4, -0.2) is 12.2 Å². The van der Waals surface area contributed by atoms with Gasteiger partial charge in [-0.3, -0.25) is 0 Å². The van der Waals surface area contributed by atoms with Gasteiger partial charge in [-0.25, -0.2) is 20.4 Å². The number of hydrogen-bond acceptors (Lipinski definition) is 4. The van der Waals surface area contributed by atoms with E-state index >= 15 is 0 Å². The molecule has 4 nitrogen and oxygen atoms in total. The normalized spacial score (nSPS) is 15.3. The molecule has 100 valence electrons. The molecular weight excluding hydrogens is 228 g/mol. The molecule has 1 aliphatic carbocycles. The first-order valence-electron chi connectivity index (χ1n) is 5.90.